The molecular weight excluding hydrogens is 471 g/mol. The van der Waals surface area contributed by atoms with Gasteiger partial charge in [0.2, 0.25) is 11.9 Å². The molecule has 3 aliphatic rings. The highest BCUT2D eigenvalue weighted by molar-refractivity contribution is 6.30. The van der Waals surface area contributed by atoms with Crippen LogP contribution in [0.1, 0.15) is 11.4 Å². The Morgan fingerprint density at radius 3 is 2.57 bits per heavy atom. The number of amides is 1. The van der Waals surface area contributed by atoms with E-state index in [4.69, 9.17) is 11.6 Å². The molecule has 0 unspecified atom stereocenters. The molecule has 6 rings (SSSR count). The van der Waals surface area contributed by atoms with Crippen LogP contribution < -0.4 is 9.80 Å². The number of carbonyl (C=O) groups is 1. The fraction of sp³-hybridized carbons (Fsp3) is 0.417. The number of nitrogens with zero attached hydrogens (tertiary/aromatic N) is 8. The van der Waals surface area contributed by atoms with Crippen LogP contribution in [0.25, 0.3) is 5.69 Å². The number of hydrogen-bond donors (Lipinski definition) is 0. The Hall–Kier alpha value is -3.24. The van der Waals surface area contributed by atoms with Gasteiger partial charge in [-0.2, -0.15) is 0 Å². The molecule has 2 saturated heterocycles. The van der Waals surface area contributed by atoms with E-state index in [1.54, 1.807) is 25.1 Å². The second-order valence-electron chi connectivity index (χ2n) is 10.0. The first-order valence-electron chi connectivity index (χ1n) is 11.6. The monoisotopic (exact) mass is 496 g/mol. The average molecular weight is 497 g/mol. The first-order valence-corrected chi connectivity index (χ1v) is 12.0. The highest BCUT2D eigenvalue weighted by Gasteiger charge is 2.53. The standard InChI is InChI=1S/C24H26ClFN8O/c1-30(2)22(35)11-31-9-16-7-17(25)3-5-19(16)34-21(10-31)28-29-23(34)33-14-24(15-33)12-32(13-24)20-6-4-18(26)8-27-20/h3-8H,9-15H2,1-2H3. The molecule has 182 valence electrons. The summed E-state index contributed by atoms with van der Waals surface area (Å²) in [6.07, 6.45) is 1.26. The molecule has 0 radical (unpaired) electrons. The van der Waals surface area contributed by atoms with Crippen molar-refractivity contribution >= 4 is 29.3 Å². The van der Waals surface area contributed by atoms with Gasteiger partial charge in [-0.25, -0.2) is 9.37 Å². The third kappa shape index (κ3) is 3.90. The number of rotatable bonds is 4. The third-order valence-corrected chi connectivity index (χ3v) is 7.27. The van der Waals surface area contributed by atoms with Gasteiger partial charge < -0.3 is 14.7 Å². The zero-order valence-electron chi connectivity index (χ0n) is 19.7. The topological polar surface area (TPSA) is 73.6 Å². The lowest BCUT2D eigenvalue weighted by Crippen LogP contribution is -2.73. The molecule has 2 fully saturated rings. The summed E-state index contributed by atoms with van der Waals surface area (Å²) >= 11 is 6.34. The molecule has 0 bridgehead atoms. The summed E-state index contributed by atoms with van der Waals surface area (Å²) in [7, 11) is 3.53. The lowest BCUT2D eigenvalue weighted by molar-refractivity contribution is -0.130. The Labute approximate surface area is 207 Å². The molecule has 1 spiro atoms. The van der Waals surface area contributed by atoms with Crippen LogP contribution in [-0.4, -0.2) is 82.3 Å². The average Bonchev–Trinajstić information content (AvgIpc) is 3.09. The van der Waals surface area contributed by atoms with E-state index in [2.05, 4.69) is 34.4 Å². The zero-order valence-corrected chi connectivity index (χ0v) is 20.4. The number of halogens is 2. The van der Waals surface area contributed by atoms with Crippen LogP contribution in [-0.2, 0) is 17.9 Å². The van der Waals surface area contributed by atoms with Gasteiger partial charge in [-0.3, -0.25) is 14.3 Å². The Bertz CT molecular complexity index is 1280. The van der Waals surface area contributed by atoms with Crippen molar-refractivity contribution < 1.29 is 9.18 Å². The molecule has 0 N–H and O–H groups in total. The molecule has 3 aliphatic heterocycles. The van der Waals surface area contributed by atoms with Crippen molar-refractivity contribution in [3.63, 3.8) is 0 Å². The smallest absolute Gasteiger partial charge is 0.236 e. The number of aromatic nitrogens is 4. The van der Waals surface area contributed by atoms with Crippen LogP contribution >= 0.6 is 11.6 Å². The van der Waals surface area contributed by atoms with E-state index in [9.17, 15) is 9.18 Å². The fourth-order valence-corrected chi connectivity index (χ4v) is 5.48. The summed E-state index contributed by atoms with van der Waals surface area (Å²) in [5, 5.41) is 9.74. The largest absolute Gasteiger partial charge is 0.355 e. The van der Waals surface area contributed by atoms with Crippen molar-refractivity contribution in [3.8, 4) is 5.69 Å². The highest BCUT2D eigenvalue weighted by atomic mass is 35.5. The molecule has 35 heavy (non-hydrogen) atoms. The predicted molar refractivity (Wildman–Crippen MR) is 130 cm³/mol. The minimum Gasteiger partial charge on any atom is -0.355 e. The second-order valence-corrected chi connectivity index (χ2v) is 10.4. The van der Waals surface area contributed by atoms with Gasteiger partial charge in [-0.1, -0.05) is 11.6 Å². The molecule has 0 atom stereocenters. The summed E-state index contributed by atoms with van der Waals surface area (Å²) in [6, 6.07) is 9.02. The maximum atomic E-state index is 13.2. The van der Waals surface area contributed by atoms with E-state index in [0.717, 1.165) is 55.0 Å². The first-order chi connectivity index (χ1) is 16.8. The SMILES string of the molecule is CN(C)C(=O)CN1Cc2cc(Cl)ccc2-n2c(nnc2N2CC3(CN(c4ccc(F)cn4)C3)C2)C1. The summed E-state index contributed by atoms with van der Waals surface area (Å²) in [4.78, 5) is 24.7. The Balaban J connectivity index is 1.23. The number of likely N-dealkylation sites (N-methyl/N-ethyl adjacent to an activating group) is 1. The molecule has 5 heterocycles. The van der Waals surface area contributed by atoms with Gasteiger partial charge in [-0.15, -0.1) is 10.2 Å². The molecule has 0 aliphatic carbocycles. The molecule has 1 aromatic carbocycles. The van der Waals surface area contributed by atoms with Gasteiger partial charge in [0.1, 0.15) is 11.6 Å². The van der Waals surface area contributed by atoms with E-state index >= 15 is 0 Å². The van der Waals surface area contributed by atoms with Crippen molar-refractivity contribution in [1.82, 2.24) is 29.5 Å². The third-order valence-electron chi connectivity index (χ3n) is 7.04. The fourth-order valence-electron chi connectivity index (χ4n) is 5.29. The van der Waals surface area contributed by atoms with Crippen molar-refractivity contribution in [2.24, 2.45) is 5.41 Å². The summed E-state index contributed by atoms with van der Waals surface area (Å²) in [5.41, 5.74) is 2.22. The molecule has 0 saturated carbocycles. The van der Waals surface area contributed by atoms with Gasteiger partial charge in [0.15, 0.2) is 5.82 Å². The molecule has 11 heteroatoms. The van der Waals surface area contributed by atoms with E-state index in [1.165, 1.54) is 12.3 Å². The van der Waals surface area contributed by atoms with Crippen molar-refractivity contribution in [2.75, 3.05) is 56.6 Å². The normalized spacial score (nSPS) is 18.4. The van der Waals surface area contributed by atoms with Crippen molar-refractivity contribution in [2.45, 2.75) is 13.1 Å². The van der Waals surface area contributed by atoms with Crippen LogP contribution in [0.2, 0.25) is 5.02 Å². The van der Waals surface area contributed by atoms with Crippen LogP contribution in [0.15, 0.2) is 36.5 Å². The lowest BCUT2D eigenvalue weighted by Gasteiger charge is -2.60. The minimum atomic E-state index is -0.322. The van der Waals surface area contributed by atoms with E-state index in [1.807, 2.05) is 18.2 Å². The Morgan fingerprint density at radius 1 is 1.09 bits per heavy atom. The van der Waals surface area contributed by atoms with Crippen LogP contribution in [0, 0.1) is 11.2 Å². The summed E-state index contributed by atoms with van der Waals surface area (Å²) < 4.78 is 15.3. The maximum Gasteiger partial charge on any atom is 0.236 e. The van der Waals surface area contributed by atoms with Crippen LogP contribution in [0.4, 0.5) is 16.2 Å². The van der Waals surface area contributed by atoms with Crippen molar-refractivity contribution in [1.29, 1.82) is 0 Å². The number of anilines is 2. The number of benzene rings is 1. The Morgan fingerprint density at radius 2 is 1.86 bits per heavy atom. The van der Waals surface area contributed by atoms with E-state index < -0.39 is 0 Å². The van der Waals surface area contributed by atoms with Crippen LogP contribution in [0.5, 0.6) is 0 Å². The molecule has 9 nitrogen and oxygen atoms in total. The van der Waals surface area contributed by atoms with Gasteiger partial charge >= 0.3 is 0 Å². The van der Waals surface area contributed by atoms with Gasteiger partial charge in [0.05, 0.1) is 25.0 Å². The zero-order chi connectivity index (χ0) is 24.3. The lowest BCUT2D eigenvalue weighted by atomic mass is 9.73. The molecule has 3 aromatic rings. The second kappa shape index (κ2) is 8.17. The first kappa shape index (κ1) is 22.2. The van der Waals surface area contributed by atoms with Crippen molar-refractivity contribution in [3.05, 3.63) is 58.8 Å². The Kier molecular flexibility index (Phi) is 5.19. The molecular formula is C24H26ClFN8O. The highest BCUT2D eigenvalue weighted by Crippen LogP contribution is 2.44. The number of hydrogen-bond acceptors (Lipinski definition) is 7. The van der Waals surface area contributed by atoms with E-state index in [0.29, 0.717) is 24.7 Å². The summed E-state index contributed by atoms with van der Waals surface area (Å²) in [6.45, 7) is 4.92. The minimum absolute atomic E-state index is 0.0385. The van der Waals surface area contributed by atoms with Crippen LogP contribution in [0.3, 0.4) is 0 Å². The van der Waals surface area contributed by atoms with Gasteiger partial charge in [-0.05, 0) is 35.9 Å². The quantitative estimate of drug-likeness (QED) is 0.548. The number of carbonyl (C=O) groups excluding carboxylic acids is 1. The predicted octanol–water partition coefficient (Wildman–Crippen LogP) is 2.19. The maximum absolute atomic E-state index is 13.2. The number of pyridine rings is 1. The van der Waals surface area contributed by atoms with Gasteiger partial charge in [0.25, 0.3) is 0 Å². The van der Waals surface area contributed by atoms with Gasteiger partial charge in [0, 0.05) is 57.3 Å². The summed E-state index contributed by atoms with van der Waals surface area (Å²) in [5.74, 6) is 2.15. The van der Waals surface area contributed by atoms with E-state index in [-0.39, 0.29) is 17.1 Å². The number of fused-ring (bicyclic) bond motifs is 3. The molecule has 2 aromatic heterocycles. The molecule has 1 amide bonds.